The van der Waals surface area contributed by atoms with E-state index in [9.17, 15) is 19.2 Å². The van der Waals surface area contributed by atoms with Gasteiger partial charge < -0.3 is 26.3 Å². The molecular weight excluding hydrogens is 352 g/mol. The summed E-state index contributed by atoms with van der Waals surface area (Å²) in [5.41, 5.74) is 6.16. The molecule has 4 atom stereocenters. The Labute approximate surface area is 156 Å². The van der Waals surface area contributed by atoms with E-state index in [4.69, 9.17) is 5.73 Å². The molecule has 27 heavy (non-hydrogen) atoms. The Hall–Kier alpha value is -2.91. The van der Waals surface area contributed by atoms with Gasteiger partial charge in [-0.25, -0.2) is 4.98 Å². The Morgan fingerprint density at radius 3 is 2.78 bits per heavy atom. The van der Waals surface area contributed by atoms with Crippen LogP contribution in [0.15, 0.2) is 12.5 Å². The van der Waals surface area contributed by atoms with Gasteiger partial charge in [-0.2, -0.15) is 0 Å². The first-order valence-electron chi connectivity index (χ1n) is 9.03. The van der Waals surface area contributed by atoms with E-state index in [0.717, 1.165) is 0 Å². The highest BCUT2D eigenvalue weighted by molar-refractivity contribution is 5.95. The standard InChI is InChI=1S/C17H24N6O4/c1-9-4-5-23(14(9)15(18)25)17(27)12(6-10-7-19-8-20-10)22-16(26)11-2-3-13(24)21-11/h7-9,11-12,14H,2-6H2,1H3,(H2,18,25)(H,19,20)(H,21,24)(H,22,26)/t9?,11-,12-,14-/m0/s1. The van der Waals surface area contributed by atoms with E-state index in [-0.39, 0.29) is 30.6 Å². The van der Waals surface area contributed by atoms with Crippen LogP contribution in [0.3, 0.4) is 0 Å². The lowest BCUT2D eigenvalue weighted by molar-refractivity contribution is -0.141. The van der Waals surface area contributed by atoms with Crippen LogP contribution in [-0.2, 0) is 25.6 Å². The van der Waals surface area contributed by atoms with Crippen molar-refractivity contribution in [2.24, 2.45) is 11.7 Å². The molecule has 3 rings (SSSR count). The maximum atomic E-state index is 13.1. The number of amides is 4. The lowest BCUT2D eigenvalue weighted by Gasteiger charge is -2.29. The molecule has 4 amide bonds. The highest BCUT2D eigenvalue weighted by Gasteiger charge is 2.41. The summed E-state index contributed by atoms with van der Waals surface area (Å²) in [5.74, 6) is -1.56. The van der Waals surface area contributed by atoms with Gasteiger partial charge in [0.25, 0.3) is 0 Å². The molecule has 146 valence electrons. The summed E-state index contributed by atoms with van der Waals surface area (Å²) in [6.07, 6.45) is 4.59. The van der Waals surface area contributed by atoms with E-state index in [2.05, 4.69) is 20.6 Å². The zero-order valence-electron chi connectivity index (χ0n) is 15.1. The van der Waals surface area contributed by atoms with Gasteiger partial charge in [-0.3, -0.25) is 19.2 Å². The zero-order chi connectivity index (χ0) is 19.6. The minimum absolute atomic E-state index is 0.0379. The van der Waals surface area contributed by atoms with Crippen molar-refractivity contribution in [2.75, 3.05) is 6.54 Å². The third-order valence-corrected chi connectivity index (χ3v) is 5.18. The molecule has 10 heteroatoms. The third-order valence-electron chi connectivity index (χ3n) is 5.18. The summed E-state index contributed by atoms with van der Waals surface area (Å²) in [7, 11) is 0. The number of nitrogens with zero attached hydrogens (tertiary/aromatic N) is 2. The molecule has 1 aromatic rings. The summed E-state index contributed by atoms with van der Waals surface area (Å²) in [6.45, 7) is 2.28. The van der Waals surface area contributed by atoms with Crippen molar-refractivity contribution in [2.45, 2.75) is 50.7 Å². The average molecular weight is 376 g/mol. The van der Waals surface area contributed by atoms with Crippen molar-refractivity contribution in [3.8, 4) is 0 Å². The fourth-order valence-corrected chi connectivity index (χ4v) is 3.73. The highest BCUT2D eigenvalue weighted by Crippen LogP contribution is 2.25. The van der Waals surface area contributed by atoms with E-state index in [1.54, 1.807) is 6.20 Å². The molecule has 0 spiro atoms. The first-order chi connectivity index (χ1) is 12.9. The molecule has 2 saturated heterocycles. The molecule has 2 aliphatic rings. The van der Waals surface area contributed by atoms with Crippen LogP contribution in [0.25, 0.3) is 0 Å². The van der Waals surface area contributed by atoms with Crippen LogP contribution in [0, 0.1) is 5.92 Å². The van der Waals surface area contributed by atoms with Crippen molar-refractivity contribution in [3.05, 3.63) is 18.2 Å². The molecule has 0 aliphatic carbocycles. The molecule has 0 bridgehead atoms. The van der Waals surface area contributed by atoms with Crippen molar-refractivity contribution in [3.63, 3.8) is 0 Å². The zero-order valence-corrected chi connectivity index (χ0v) is 15.1. The Kier molecular flexibility index (Phi) is 5.43. The number of nitrogens with two attached hydrogens (primary N) is 1. The van der Waals surface area contributed by atoms with Gasteiger partial charge in [-0.15, -0.1) is 0 Å². The maximum Gasteiger partial charge on any atom is 0.246 e. The van der Waals surface area contributed by atoms with Gasteiger partial charge >= 0.3 is 0 Å². The number of primary amides is 1. The number of carbonyl (C=O) groups excluding carboxylic acids is 4. The Morgan fingerprint density at radius 2 is 2.19 bits per heavy atom. The Bertz CT molecular complexity index is 734. The molecule has 0 saturated carbocycles. The van der Waals surface area contributed by atoms with E-state index in [0.29, 0.717) is 25.1 Å². The fourth-order valence-electron chi connectivity index (χ4n) is 3.73. The van der Waals surface area contributed by atoms with Crippen LogP contribution in [0.2, 0.25) is 0 Å². The van der Waals surface area contributed by atoms with Gasteiger partial charge in [0.2, 0.25) is 23.6 Å². The molecule has 0 aromatic carbocycles. The number of hydrogen-bond acceptors (Lipinski definition) is 5. The van der Waals surface area contributed by atoms with E-state index in [1.807, 2.05) is 6.92 Å². The number of likely N-dealkylation sites (tertiary alicyclic amines) is 1. The third kappa shape index (κ3) is 4.09. The number of aromatic amines is 1. The minimum atomic E-state index is -0.886. The molecule has 5 N–H and O–H groups in total. The molecule has 1 aromatic heterocycles. The number of imidazole rings is 1. The molecule has 10 nitrogen and oxygen atoms in total. The number of hydrogen-bond donors (Lipinski definition) is 4. The number of H-pyrrole nitrogens is 1. The average Bonchev–Trinajstić information content (AvgIpc) is 3.34. The number of aromatic nitrogens is 2. The quantitative estimate of drug-likeness (QED) is 0.473. The van der Waals surface area contributed by atoms with Crippen LogP contribution < -0.4 is 16.4 Å². The van der Waals surface area contributed by atoms with Gasteiger partial charge in [0.1, 0.15) is 18.1 Å². The smallest absolute Gasteiger partial charge is 0.246 e. The minimum Gasteiger partial charge on any atom is -0.368 e. The van der Waals surface area contributed by atoms with Crippen LogP contribution in [0.4, 0.5) is 0 Å². The largest absolute Gasteiger partial charge is 0.368 e. The van der Waals surface area contributed by atoms with Crippen molar-refractivity contribution >= 4 is 23.6 Å². The topological polar surface area (TPSA) is 150 Å². The monoisotopic (exact) mass is 376 g/mol. The van der Waals surface area contributed by atoms with Crippen LogP contribution in [0.1, 0.15) is 31.9 Å². The Morgan fingerprint density at radius 1 is 1.41 bits per heavy atom. The predicted octanol–water partition coefficient (Wildman–Crippen LogP) is -1.56. The van der Waals surface area contributed by atoms with Crippen molar-refractivity contribution in [1.82, 2.24) is 25.5 Å². The lowest BCUT2D eigenvalue weighted by atomic mass is 10.0. The van der Waals surface area contributed by atoms with Crippen LogP contribution in [0.5, 0.6) is 0 Å². The van der Waals surface area contributed by atoms with Gasteiger partial charge in [-0.1, -0.05) is 6.92 Å². The van der Waals surface area contributed by atoms with Crippen molar-refractivity contribution < 1.29 is 19.2 Å². The van der Waals surface area contributed by atoms with Crippen molar-refractivity contribution in [1.29, 1.82) is 0 Å². The lowest BCUT2D eigenvalue weighted by Crippen LogP contribution is -2.56. The van der Waals surface area contributed by atoms with E-state index >= 15 is 0 Å². The normalized spacial score (nSPS) is 25.9. The summed E-state index contributed by atoms with van der Waals surface area (Å²) >= 11 is 0. The van der Waals surface area contributed by atoms with Gasteiger partial charge in [0.05, 0.1) is 6.33 Å². The molecule has 2 aliphatic heterocycles. The second kappa shape index (κ2) is 7.77. The summed E-state index contributed by atoms with van der Waals surface area (Å²) in [6, 6.07) is -2.23. The predicted molar refractivity (Wildman–Crippen MR) is 93.9 cm³/mol. The second-order valence-electron chi connectivity index (χ2n) is 7.15. The number of carbonyl (C=O) groups is 4. The molecule has 0 radical (unpaired) electrons. The molecule has 1 unspecified atom stereocenters. The van der Waals surface area contributed by atoms with Crippen LogP contribution >= 0.6 is 0 Å². The summed E-state index contributed by atoms with van der Waals surface area (Å²) in [4.78, 5) is 57.1. The van der Waals surface area contributed by atoms with Crippen LogP contribution in [-0.4, -0.2) is 63.2 Å². The Balaban J connectivity index is 1.76. The number of nitrogens with one attached hydrogen (secondary N) is 3. The first kappa shape index (κ1) is 18.9. The second-order valence-corrected chi connectivity index (χ2v) is 7.15. The first-order valence-corrected chi connectivity index (χ1v) is 9.03. The molecule has 2 fully saturated rings. The fraction of sp³-hybridized carbons (Fsp3) is 0.588. The van der Waals surface area contributed by atoms with Gasteiger partial charge in [-0.05, 0) is 18.8 Å². The number of rotatable bonds is 6. The van der Waals surface area contributed by atoms with Gasteiger partial charge in [0.15, 0.2) is 0 Å². The molecular formula is C17H24N6O4. The highest BCUT2D eigenvalue weighted by atomic mass is 16.2. The van der Waals surface area contributed by atoms with Gasteiger partial charge in [0, 0.05) is 31.3 Å². The SMILES string of the molecule is CC1CCN(C(=O)[C@H](Cc2cnc[nH]2)NC(=O)[C@@H]2CCC(=O)N2)[C@@H]1C(N)=O. The maximum absolute atomic E-state index is 13.1. The van der Waals surface area contributed by atoms with E-state index < -0.39 is 29.9 Å². The summed E-state index contributed by atoms with van der Waals surface area (Å²) in [5, 5.41) is 5.31. The summed E-state index contributed by atoms with van der Waals surface area (Å²) < 4.78 is 0. The van der Waals surface area contributed by atoms with E-state index in [1.165, 1.54) is 11.2 Å². The molecule has 3 heterocycles.